The SMILES string of the molecule is Oc1ccccc1Cc1ccccc1.Oc1ccccc1Cc1ccccc1.[Zr+2].c1cc[cH-]c1.c1cc[cH-]c1. The summed E-state index contributed by atoms with van der Waals surface area (Å²) < 4.78 is 0. The van der Waals surface area contributed by atoms with Crippen molar-refractivity contribution in [1.29, 1.82) is 0 Å². The molecule has 2 N–H and O–H groups in total. The van der Waals surface area contributed by atoms with Gasteiger partial charge in [-0.2, -0.15) is 36.4 Å². The Bertz CT molecular complexity index is 1220. The third-order valence-electron chi connectivity index (χ3n) is 5.57. The maximum absolute atomic E-state index is 9.57. The molecule has 0 amide bonds. The van der Waals surface area contributed by atoms with E-state index in [0.717, 1.165) is 24.0 Å². The minimum atomic E-state index is 0. The van der Waals surface area contributed by atoms with Crippen molar-refractivity contribution >= 4 is 0 Å². The van der Waals surface area contributed by atoms with Crippen LogP contribution in [0.1, 0.15) is 22.3 Å². The molecule has 6 aromatic carbocycles. The summed E-state index contributed by atoms with van der Waals surface area (Å²) >= 11 is 0. The Hall–Kier alpha value is -3.94. The molecule has 39 heavy (non-hydrogen) atoms. The van der Waals surface area contributed by atoms with Gasteiger partial charge in [-0.1, -0.05) is 97.1 Å². The van der Waals surface area contributed by atoms with Crippen LogP contribution < -0.4 is 0 Å². The average molecular weight is 590 g/mol. The Morgan fingerprint density at radius 2 is 0.692 bits per heavy atom. The predicted octanol–water partition coefficient (Wildman–Crippen LogP) is 8.77. The van der Waals surface area contributed by atoms with Gasteiger partial charge in [0.2, 0.25) is 0 Å². The van der Waals surface area contributed by atoms with E-state index in [-0.39, 0.29) is 26.2 Å². The van der Waals surface area contributed by atoms with Crippen molar-refractivity contribution in [3.63, 3.8) is 0 Å². The van der Waals surface area contributed by atoms with Gasteiger partial charge in [-0.25, -0.2) is 24.3 Å². The summed E-state index contributed by atoms with van der Waals surface area (Å²) in [4.78, 5) is 0. The second kappa shape index (κ2) is 19.2. The van der Waals surface area contributed by atoms with Crippen LogP contribution in [-0.4, -0.2) is 10.2 Å². The van der Waals surface area contributed by atoms with Crippen LogP contribution in [0.2, 0.25) is 0 Å². The Balaban J connectivity index is 0.000000199. The summed E-state index contributed by atoms with van der Waals surface area (Å²) in [6.07, 6.45) is 1.57. The summed E-state index contributed by atoms with van der Waals surface area (Å²) in [5.74, 6) is 0.743. The first kappa shape index (κ1) is 31.3. The van der Waals surface area contributed by atoms with Gasteiger partial charge in [0.1, 0.15) is 11.5 Å². The minimum Gasteiger partial charge on any atom is -0.508 e. The van der Waals surface area contributed by atoms with Crippen molar-refractivity contribution < 1.29 is 36.4 Å². The molecule has 0 bridgehead atoms. The number of hydrogen-bond acceptors (Lipinski definition) is 2. The molecule has 194 valence electrons. The second-order valence-corrected chi connectivity index (χ2v) is 8.51. The number of aromatic hydroxyl groups is 2. The molecule has 0 aliphatic heterocycles. The van der Waals surface area contributed by atoms with Gasteiger partial charge < -0.3 is 10.2 Å². The second-order valence-electron chi connectivity index (χ2n) is 8.51. The van der Waals surface area contributed by atoms with Gasteiger partial charge in [-0.15, -0.1) is 0 Å². The van der Waals surface area contributed by atoms with Crippen molar-refractivity contribution in [2.24, 2.45) is 0 Å². The van der Waals surface area contributed by atoms with Gasteiger partial charge in [0.25, 0.3) is 0 Å². The van der Waals surface area contributed by atoms with Crippen LogP contribution in [-0.2, 0) is 39.0 Å². The monoisotopic (exact) mass is 588 g/mol. The molecule has 3 heteroatoms. The van der Waals surface area contributed by atoms with E-state index in [1.54, 1.807) is 12.1 Å². The van der Waals surface area contributed by atoms with Crippen LogP contribution in [0, 0.1) is 0 Å². The first-order valence-corrected chi connectivity index (χ1v) is 12.7. The van der Waals surface area contributed by atoms with Gasteiger partial charge in [0, 0.05) is 12.8 Å². The smallest absolute Gasteiger partial charge is 0.508 e. The van der Waals surface area contributed by atoms with Gasteiger partial charge in [-0.3, -0.25) is 0 Å². The molecule has 0 fully saturated rings. The Kier molecular flexibility index (Phi) is 15.4. The van der Waals surface area contributed by atoms with Crippen LogP contribution in [0.15, 0.2) is 170 Å². The molecule has 0 saturated carbocycles. The zero-order valence-electron chi connectivity index (χ0n) is 22.0. The van der Waals surface area contributed by atoms with Gasteiger partial charge in [0.15, 0.2) is 0 Å². The number of phenols is 2. The van der Waals surface area contributed by atoms with Crippen LogP contribution >= 0.6 is 0 Å². The van der Waals surface area contributed by atoms with E-state index in [9.17, 15) is 10.2 Å². The Morgan fingerprint density at radius 1 is 0.385 bits per heavy atom. The molecule has 2 nitrogen and oxygen atoms in total. The largest absolute Gasteiger partial charge is 2.00 e. The summed E-state index contributed by atoms with van der Waals surface area (Å²) in [6.45, 7) is 0. The van der Waals surface area contributed by atoms with Crippen molar-refractivity contribution in [2.45, 2.75) is 12.8 Å². The number of hydrogen-bond donors (Lipinski definition) is 2. The average Bonchev–Trinajstić information content (AvgIpc) is 3.73. The van der Waals surface area contributed by atoms with E-state index in [1.807, 2.05) is 133 Å². The quantitative estimate of drug-likeness (QED) is 0.202. The molecular weight excluding hydrogens is 556 g/mol. The molecular formula is C36H34O2Zr. The molecule has 0 heterocycles. The molecule has 6 rings (SSSR count). The molecule has 6 aromatic rings. The zero-order valence-corrected chi connectivity index (χ0v) is 24.4. The minimum absolute atomic E-state index is 0. The fourth-order valence-electron chi connectivity index (χ4n) is 3.59. The van der Waals surface area contributed by atoms with Gasteiger partial charge >= 0.3 is 26.2 Å². The van der Waals surface area contributed by atoms with E-state index in [2.05, 4.69) is 24.3 Å². The molecule has 0 aliphatic rings. The molecule has 0 aliphatic carbocycles. The van der Waals surface area contributed by atoms with Gasteiger partial charge in [0.05, 0.1) is 0 Å². The van der Waals surface area contributed by atoms with Crippen molar-refractivity contribution in [3.05, 3.63) is 192 Å². The predicted molar refractivity (Wildman–Crippen MR) is 159 cm³/mol. The molecule has 0 saturated heterocycles. The number of rotatable bonds is 4. The maximum atomic E-state index is 9.57. The van der Waals surface area contributed by atoms with E-state index in [1.165, 1.54) is 11.1 Å². The van der Waals surface area contributed by atoms with E-state index in [4.69, 9.17) is 0 Å². The van der Waals surface area contributed by atoms with Crippen LogP contribution in [0.4, 0.5) is 0 Å². The standard InChI is InChI=1S/2C13H12O.2C5H5.Zr/c2*14-13-9-5-4-8-12(13)10-11-6-2-1-3-7-11;2*1-2-4-5-3-1;/h2*1-9,14H,10H2;2*1-5H;/q;;2*-1;+2. The van der Waals surface area contributed by atoms with E-state index in [0.29, 0.717) is 11.5 Å². The zero-order chi connectivity index (χ0) is 26.7. The first-order chi connectivity index (χ1) is 18.7. The summed E-state index contributed by atoms with van der Waals surface area (Å²) in [7, 11) is 0. The first-order valence-electron chi connectivity index (χ1n) is 12.7. The molecule has 0 atom stereocenters. The van der Waals surface area contributed by atoms with E-state index >= 15 is 0 Å². The normalized spacial score (nSPS) is 9.23. The summed E-state index contributed by atoms with van der Waals surface area (Å²) in [5.41, 5.74) is 4.38. The van der Waals surface area contributed by atoms with Crippen molar-refractivity contribution in [3.8, 4) is 11.5 Å². The topological polar surface area (TPSA) is 40.5 Å². The van der Waals surface area contributed by atoms with Crippen molar-refractivity contribution in [1.82, 2.24) is 0 Å². The number of para-hydroxylation sites is 2. The molecule has 0 radical (unpaired) electrons. The molecule has 0 unspecified atom stereocenters. The molecule has 0 aromatic heterocycles. The third-order valence-corrected chi connectivity index (χ3v) is 5.57. The molecule has 0 spiro atoms. The Labute approximate surface area is 251 Å². The fourth-order valence-corrected chi connectivity index (χ4v) is 3.59. The van der Waals surface area contributed by atoms with Crippen LogP contribution in [0.25, 0.3) is 0 Å². The maximum Gasteiger partial charge on any atom is 2.00 e. The van der Waals surface area contributed by atoms with E-state index < -0.39 is 0 Å². The summed E-state index contributed by atoms with van der Waals surface area (Å²) in [5, 5.41) is 19.1. The van der Waals surface area contributed by atoms with Gasteiger partial charge in [-0.05, 0) is 34.4 Å². The number of phenolic OH excluding ortho intramolecular Hbond substituents is 2. The Morgan fingerprint density at radius 3 is 0.974 bits per heavy atom. The van der Waals surface area contributed by atoms with Crippen LogP contribution in [0.3, 0.4) is 0 Å². The number of benzene rings is 4. The third kappa shape index (κ3) is 12.9. The van der Waals surface area contributed by atoms with Crippen molar-refractivity contribution in [2.75, 3.05) is 0 Å². The fraction of sp³-hybridized carbons (Fsp3) is 0.0556. The summed E-state index contributed by atoms with van der Waals surface area (Å²) in [6, 6.07) is 55.2. The van der Waals surface area contributed by atoms with Crippen LogP contribution in [0.5, 0.6) is 11.5 Å².